The molecule has 0 bridgehead atoms. The molecular formula is C21H29FN2O2. The zero-order valence-electron chi connectivity index (χ0n) is 15.5. The Bertz CT molecular complexity index is 625. The zero-order chi connectivity index (χ0) is 18.5. The van der Waals surface area contributed by atoms with Gasteiger partial charge in [0.25, 0.3) is 5.91 Å². The summed E-state index contributed by atoms with van der Waals surface area (Å²) in [7, 11) is 0. The second-order valence-corrected chi connectivity index (χ2v) is 7.73. The van der Waals surface area contributed by atoms with Crippen LogP contribution < -0.4 is 5.32 Å². The van der Waals surface area contributed by atoms with Crippen LogP contribution in [0.2, 0.25) is 0 Å². The van der Waals surface area contributed by atoms with Gasteiger partial charge in [0.2, 0.25) is 5.91 Å². The normalized spacial score (nSPS) is 23.8. The maximum absolute atomic E-state index is 13.1. The number of carbonyl (C=O) groups excluding carboxylic acids is 2. The van der Waals surface area contributed by atoms with Gasteiger partial charge in [-0.05, 0) is 55.4 Å². The summed E-state index contributed by atoms with van der Waals surface area (Å²) in [5.41, 5.74) is 0.527. The number of nitrogens with one attached hydrogen (secondary N) is 1. The summed E-state index contributed by atoms with van der Waals surface area (Å²) >= 11 is 0. The number of nitrogens with zero attached hydrogens (tertiary/aromatic N) is 1. The molecule has 0 radical (unpaired) electrons. The van der Waals surface area contributed by atoms with Crippen molar-refractivity contribution in [3.63, 3.8) is 0 Å². The number of likely N-dealkylation sites (tertiary alicyclic amines) is 1. The summed E-state index contributed by atoms with van der Waals surface area (Å²) in [4.78, 5) is 26.9. The molecule has 1 aliphatic heterocycles. The van der Waals surface area contributed by atoms with Crippen molar-refractivity contribution in [3.8, 4) is 0 Å². The molecule has 0 aromatic heterocycles. The summed E-state index contributed by atoms with van der Waals surface area (Å²) < 4.78 is 13.1. The summed E-state index contributed by atoms with van der Waals surface area (Å²) in [6.07, 6.45) is 7.01. The van der Waals surface area contributed by atoms with E-state index in [0.717, 1.165) is 25.7 Å². The highest BCUT2D eigenvalue weighted by Gasteiger charge is 2.32. The van der Waals surface area contributed by atoms with Crippen LogP contribution in [-0.2, 0) is 4.79 Å². The third-order valence-electron chi connectivity index (χ3n) is 5.96. The van der Waals surface area contributed by atoms with Crippen LogP contribution in [-0.4, -0.2) is 35.8 Å². The lowest BCUT2D eigenvalue weighted by molar-refractivity contribution is -0.123. The fourth-order valence-corrected chi connectivity index (χ4v) is 4.37. The van der Waals surface area contributed by atoms with Crippen LogP contribution in [0.4, 0.5) is 4.39 Å². The fourth-order valence-electron chi connectivity index (χ4n) is 4.37. The van der Waals surface area contributed by atoms with Crippen LogP contribution in [0.1, 0.15) is 62.2 Å². The molecule has 0 unspecified atom stereocenters. The van der Waals surface area contributed by atoms with Gasteiger partial charge in [0.05, 0.1) is 0 Å². The third kappa shape index (κ3) is 4.63. The molecule has 5 heteroatoms. The van der Waals surface area contributed by atoms with E-state index in [1.54, 1.807) is 12.1 Å². The Balaban J connectivity index is 1.55. The Labute approximate surface area is 155 Å². The molecule has 2 amide bonds. The maximum atomic E-state index is 13.1. The van der Waals surface area contributed by atoms with Crippen LogP contribution in [0.3, 0.4) is 0 Å². The lowest BCUT2D eigenvalue weighted by Gasteiger charge is -2.38. The molecule has 26 heavy (non-hydrogen) atoms. The topological polar surface area (TPSA) is 49.4 Å². The number of amides is 2. The van der Waals surface area contributed by atoms with Crippen molar-refractivity contribution in [2.75, 3.05) is 13.1 Å². The van der Waals surface area contributed by atoms with E-state index in [-0.39, 0.29) is 17.6 Å². The first-order valence-corrected chi connectivity index (χ1v) is 9.91. The number of hydrogen-bond donors (Lipinski definition) is 1. The van der Waals surface area contributed by atoms with Gasteiger partial charge in [-0.25, -0.2) is 4.39 Å². The van der Waals surface area contributed by atoms with Gasteiger partial charge in [0, 0.05) is 31.1 Å². The van der Waals surface area contributed by atoms with Crippen molar-refractivity contribution in [1.82, 2.24) is 10.2 Å². The van der Waals surface area contributed by atoms with Crippen LogP contribution in [0.15, 0.2) is 24.3 Å². The van der Waals surface area contributed by atoms with Crippen molar-refractivity contribution < 1.29 is 14.0 Å². The Kier molecular flexibility index (Phi) is 6.28. The minimum atomic E-state index is -0.333. The quantitative estimate of drug-likeness (QED) is 0.869. The van der Waals surface area contributed by atoms with Crippen LogP contribution >= 0.6 is 0 Å². The van der Waals surface area contributed by atoms with Gasteiger partial charge >= 0.3 is 0 Å². The Morgan fingerprint density at radius 1 is 1.12 bits per heavy atom. The minimum absolute atomic E-state index is 0.0442. The Morgan fingerprint density at radius 2 is 1.81 bits per heavy atom. The highest BCUT2D eigenvalue weighted by molar-refractivity contribution is 5.94. The molecule has 1 saturated carbocycles. The third-order valence-corrected chi connectivity index (χ3v) is 5.96. The number of rotatable bonds is 5. The van der Waals surface area contributed by atoms with E-state index in [1.807, 2.05) is 4.90 Å². The SMILES string of the molecule is CC[C@@H]1CN(C(=O)c2ccc(F)cc2)CC[C@H]1CC(=O)NC1CCCC1. The first kappa shape index (κ1) is 18.9. The van der Waals surface area contributed by atoms with Gasteiger partial charge in [-0.1, -0.05) is 26.2 Å². The monoisotopic (exact) mass is 360 g/mol. The lowest BCUT2D eigenvalue weighted by Crippen LogP contribution is -2.45. The number of benzene rings is 1. The van der Waals surface area contributed by atoms with Crippen LogP contribution in [0.5, 0.6) is 0 Å². The van der Waals surface area contributed by atoms with Gasteiger partial charge in [-0.3, -0.25) is 9.59 Å². The summed E-state index contributed by atoms with van der Waals surface area (Å²) in [6, 6.07) is 6.09. The van der Waals surface area contributed by atoms with E-state index >= 15 is 0 Å². The molecule has 1 aromatic rings. The molecular weight excluding hydrogens is 331 g/mol. The van der Waals surface area contributed by atoms with E-state index in [0.29, 0.717) is 43.0 Å². The van der Waals surface area contributed by atoms with Crippen molar-refractivity contribution in [2.24, 2.45) is 11.8 Å². The average Bonchev–Trinajstić information content (AvgIpc) is 3.15. The smallest absolute Gasteiger partial charge is 0.253 e. The second kappa shape index (κ2) is 8.65. The molecule has 1 aliphatic carbocycles. The van der Waals surface area contributed by atoms with Gasteiger partial charge in [-0.15, -0.1) is 0 Å². The van der Waals surface area contributed by atoms with E-state index in [1.165, 1.54) is 25.0 Å². The van der Waals surface area contributed by atoms with Crippen molar-refractivity contribution in [2.45, 2.75) is 57.9 Å². The largest absolute Gasteiger partial charge is 0.353 e. The zero-order valence-corrected chi connectivity index (χ0v) is 15.5. The molecule has 4 nitrogen and oxygen atoms in total. The molecule has 2 aliphatic rings. The molecule has 1 heterocycles. The van der Waals surface area contributed by atoms with E-state index < -0.39 is 0 Å². The predicted octanol–water partition coefficient (Wildman–Crippen LogP) is 3.76. The fraction of sp³-hybridized carbons (Fsp3) is 0.619. The number of halogens is 1. The molecule has 142 valence electrons. The van der Waals surface area contributed by atoms with Crippen molar-refractivity contribution >= 4 is 11.8 Å². The van der Waals surface area contributed by atoms with Crippen molar-refractivity contribution in [1.29, 1.82) is 0 Å². The molecule has 1 saturated heterocycles. The maximum Gasteiger partial charge on any atom is 0.253 e. The second-order valence-electron chi connectivity index (χ2n) is 7.73. The molecule has 2 fully saturated rings. The Hall–Kier alpha value is -1.91. The van der Waals surface area contributed by atoms with Gasteiger partial charge in [0.15, 0.2) is 0 Å². The molecule has 0 spiro atoms. The van der Waals surface area contributed by atoms with Crippen LogP contribution in [0.25, 0.3) is 0 Å². The number of hydrogen-bond acceptors (Lipinski definition) is 2. The number of carbonyl (C=O) groups is 2. The highest BCUT2D eigenvalue weighted by Crippen LogP contribution is 2.30. The highest BCUT2D eigenvalue weighted by atomic mass is 19.1. The molecule has 3 rings (SSSR count). The van der Waals surface area contributed by atoms with Gasteiger partial charge in [0.1, 0.15) is 5.82 Å². The standard InChI is InChI=1S/C21H29FN2O2/c1-2-15-14-24(21(26)16-7-9-18(22)10-8-16)12-11-17(15)13-20(25)23-19-5-3-4-6-19/h7-10,15,17,19H,2-6,11-14H2,1H3,(H,23,25)/t15-,17+/m1/s1. The molecule has 1 N–H and O–H groups in total. The van der Waals surface area contributed by atoms with E-state index in [9.17, 15) is 14.0 Å². The number of piperidine rings is 1. The summed E-state index contributed by atoms with van der Waals surface area (Å²) in [5, 5.41) is 3.18. The summed E-state index contributed by atoms with van der Waals surface area (Å²) in [6.45, 7) is 3.46. The Morgan fingerprint density at radius 3 is 2.46 bits per heavy atom. The summed E-state index contributed by atoms with van der Waals surface area (Å²) in [5.74, 6) is 0.456. The van der Waals surface area contributed by atoms with E-state index in [2.05, 4.69) is 12.2 Å². The van der Waals surface area contributed by atoms with Crippen LogP contribution in [0, 0.1) is 17.7 Å². The van der Waals surface area contributed by atoms with Gasteiger partial charge < -0.3 is 10.2 Å². The first-order chi connectivity index (χ1) is 12.6. The van der Waals surface area contributed by atoms with Crippen molar-refractivity contribution in [3.05, 3.63) is 35.6 Å². The van der Waals surface area contributed by atoms with E-state index in [4.69, 9.17) is 0 Å². The minimum Gasteiger partial charge on any atom is -0.353 e. The average molecular weight is 360 g/mol. The first-order valence-electron chi connectivity index (χ1n) is 9.91. The predicted molar refractivity (Wildman–Crippen MR) is 99.2 cm³/mol. The lowest BCUT2D eigenvalue weighted by atomic mass is 9.81. The molecule has 1 aromatic carbocycles. The molecule has 2 atom stereocenters. The van der Waals surface area contributed by atoms with Gasteiger partial charge in [-0.2, -0.15) is 0 Å².